The van der Waals surface area contributed by atoms with Crippen LogP contribution in [0.3, 0.4) is 0 Å². The van der Waals surface area contributed by atoms with Gasteiger partial charge in [0.25, 0.3) is 0 Å². The summed E-state index contributed by atoms with van der Waals surface area (Å²) in [5.74, 6) is 1.18. The molecule has 0 saturated heterocycles. The molecular weight excluding hydrogens is 406 g/mol. The van der Waals surface area contributed by atoms with Crippen LogP contribution < -0.4 is 0 Å². The molecule has 0 fully saturated rings. The first kappa shape index (κ1) is 19.5. The van der Waals surface area contributed by atoms with Crippen LogP contribution in [0.1, 0.15) is 17.2 Å². The molecule has 7 heteroatoms. The lowest BCUT2D eigenvalue weighted by Gasteiger charge is -2.12. The van der Waals surface area contributed by atoms with E-state index in [1.54, 1.807) is 12.4 Å². The summed E-state index contributed by atoms with van der Waals surface area (Å²) >= 11 is 1.48. The predicted octanol–water partition coefficient (Wildman–Crippen LogP) is 4.94. The van der Waals surface area contributed by atoms with Gasteiger partial charge in [0.05, 0.1) is 6.10 Å². The Kier molecular flexibility index (Phi) is 5.28. The van der Waals surface area contributed by atoms with E-state index in [-0.39, 0.29) is 0 Å². The molecule has 0 bridgehead atoms. The number of nitrogens with one attached hydrogen (secondary N) is 1. The molecule has 154 valence electrons. The number of aromatic nitrogens is 5. The number of thioether (sulfide) groups is 1. The van der Waals surface area contributed by atoms with Gasteiger partial charge in [0.1, 0.15) is 0 Å². The van der Waals surface area contributed by atoms with E-state index in [4.69, 9.17) is 0 Å². The van der Waals surface area contributed by atoms with Crippen molar-refractivity contribution >= 4 is 22.7 Å². The molecule has 1 atom stereocenters. The second-order valence-corrected chi connectivity index (χ2v) is 8.32. The molecule has 3 aromatic heterocycles. The number of fused-ring (bicyclic) bond motifs is 1. The van der Waals surface area contributed by atoms with Crippen LogP contribution in [0.4, 0.5) is 0 Å². The summed E-state index contributed by atoms with van der Waals surface area (Å²) in [7, 11) is 0. The van der Waals surface area contributed by atoms with Crippen LogP contribution in [0.2, 0.25) is 0 Å². The Bertz CT molecular complexity index is 1310. The number of H-pyrrole nitrogens is 1. The Morgan fingerprint density at radius 2 is 1.87 bits per heavy atom. The number of aromatic amines is 1. The van der Waals surface area contributed by atoms with Gasteiger partial charge in [-0.3, -0.25) is 9.55 Å². The first-order valence-corrected chi connectivity index (χ1v) is 11.0. The second kappa shape index (κ2) is 8.37. The molecular formula is C24H21N5OS. The van der Waals surface area contributed by atoms with Gasteiger partial charge in [0, 0.05) is 52.1 Å². The molecule has 31 heavy (non-hydrogen) atoms. The maximum absolute atomic E-state index is 10.9. The monoisotopic (exact) mass is 427 g/mol. The first-order valence-electron chi connectivity index (χ1n) is 10.0. The van der Waals surface area contributed by atoms with Crippen molar-refractivity contribution in [1.29, 1.82) is 0 Å². The van der Waals surface area contributed by atoms with Crippen molar-refractivity contribution in [2.24, 2.45) is 0 Å². The molecule has 0 aliphatic rings. The number of benzene rings is 2. The van der Waals surface area contributed by atoms with Crippen LogP contribution in [-0.4, -0.2) is 35.6 Å². The van der Waals surface area contributed by atoms with Crippen molar-refractivity contribution in [3.63, 3.8) is 0 Å². The van der Waals surface area contributed by atoms with Gasteiger partial charge in [0.2, 0.25) is 0 Å². The van der Waals surface area contributed by atoms with Crippen molar-refractivity contribution in [3.05, 3.63) is 90.4 Å². The maximum atomic E-state index is 10.9. The van der Waals surface area contributed by atoms with Gasteiger partial charge in [-0.05, 0) is 37.3 Å². The van der Waals surface area contributed by atoms with Crippen molar-refractivity contribution in [2.45, 2.75) is 18.2 Å². The van der Waals surface area contributed by atoms with Gasteiger partial charge in [-0.25, -0.2) is 0 Å². The highest BCUT2D eigenvalue weighted by Crippen LogP contribution is 2.32. The third kappa shape index (κ3) is 3.85. The smallest absolute Gasteiger partial charge is 0.196 e. The molecule has 0 radical (unpaired) electrons. The Morgan fingerprint density at radius 1 is 1.03 bits per heavy atom. The molecule has 0 saturated carbocycles. The van der Waals surface area contributed by atoms with Crippen molar-refractivity contribution in [2.75, 3.05) is 5.75 Å². The average Bonchev–Trinajstić information content (AvgIpc) is 3.43. The van der Waals surface area contributed by atoms with Gasteiger partial charge in [-0.2, -0.15) is 0 Å². The van der Waals surface area contributed by atoms with Crippen molar-refractivity contribution < 1.29 is 5.11 Å². The van der Waals surface area contributed by atoms with E-state index >= 15 is 0 Å². The Hall–Kier alpha value is -3.42. The molecule has 0 aliphatic carbocycles. The molecule has 0 amide bonds. The van der Waals surface area contributed by atoms with E-state index < -0.39 is 6.10 Å². The standard InChI is InChI=1S/C24H21N5OS/c1-16-8-10-18(11-9-16)29-23(17-5-4-12-25-13-17)27-28-24(29)31-15-22(30)20-14-26-21-7-3-2-6-19(20)21/h2-14,22,26,30H,15H2,1H3. The number of aliphatic hydroxyl groups is 1. The van der Waals surface area contributed by atoms with Gasteiger partial charge in [0.15, 0.2) is 11.0 Å². The van der Waals surface area contributed by atoms with Crippen LogP contribution in [-0.2, 0) is 0 Å². The quantitative estimate of drug-likeness (QED) is 0.375. The van der Waals surface area contributed by atoms with Crippen molar-refractivity contribution in [1.82, 2.24) is 24.7 Å². The Labute approximate surface area is 184 Å². The third-order valence-corrected chi connectivity index (χ3v) is 6.20. The minimum absolute atomic E-state index is 0.457. The molecule has 1 unspecified atom stereocenters. The number of aliphatic hydroxyl groups excluding tert-OH is 1. The van der Waals surface area contributed by atoms with Gasteiger partial charge < -0.3 is 10.1 Å². The highest BCUT2D eigenvalue weighted by Gasteiger charge is 2.19. The zero-order valence-corrected chi connectivity index (χ0v) is 17.8. The average molecular weight is 428 g/mol. The number of pyridine rings is 1. The molecule has 6 nitrogen and oxygen atoms in total. The Morgan fingerprint density at radius 3 is 2.68 bits per heavy atom. The SMILES string of the molecule is Cc1ccc(-n2c(SCC(O)c3c[nH]c4ccccc34)nnc2-c2cccnc2)cc1. The first-order chi connectivity index (χ1) is 15.2. The summed E-state index contributed by atoms with van der Waals surface area (Å²) in [6, 6.07) is 20.1. The number of aryl methyl sites for hydroxylation is 1. The molecule has 5 aromatic rings. The lowest BCUT2D eigenvalue weighted by atomic mass is 10.1. The predicted molar refractivity (Wildman–Crippen MR) is 123 cm³/mol. The van der Waals surface area contributed by atoms with Crippen molar-refractivity contribution in [3.8, 4) is 17.1 Å². The maximum Gasteiger partial charge on any atom is 0.196 e. The minimum atomic E-state index is -0.633. The molecule has 0 spiro atoms. The number of para-hydroxylation sites is 1. The Balaban J connectivity index is 1.47. The lowest BCUT2D eigenvalue weighted by molar-refractivity contribution is 0.205. The molecule has 2 aromatic carbocycles. The summed E-state index contributed by atoms with van der Waals surface area (Å²) in [6.45, 7) is 2.06. The number of hydrogen-bond donors (Lipinski definition) is 2. The normalized spacial score (nSPS) is 12.3. The number of hydrogen-bond acceptors (Lipinski definition) is 5. The summed E-state index contributed by atoms with van der Waals surface area (Å²) in [4.78, 5) is 7.45. The second-order valence-electron chi connectivity index (χ2n) is 7.34. The summed E-state index contributed by atoms with van der Waals surface area (Å²) in [6.07, 6.45) is 4.76. The van der Waals surface area contributed by atoms with E-state index in [2.05, 4.69) is 51.4 Å². The van der Waals surface area contributed by atoms with Crippen LogP contribution in [0, 0.1) is 6.92 Å². The summed E-state index contributed by atoms with van der Waals surface area (Å²) in [5.41, 5.74) is 4.95. The van der Waals surface area contributed by atoms with Crippen LogP contribution in [0.25, 0.3) is 28.0 Å². The van der Waals surface area contributed by atoms with Crippen LogP contribution >= 0.6 is 11.8 Å². The lowest BCUT2D eigenvalue weighted by Crippen LogP contribution is -2.03. The zero-order chi connectivity index (χ0) is 21.2. The third-order valence-electron chi connectivity index (χ3n) is 5.20. The van der Waals surface area contributed by atoms with E-state index in [1.807, 2.05) is 47.2 Å². The summed E-state index contributed by atoms with van der Waals surface area (Å²) in [5, 5.41) is 21.5. The highest BCUT2D eigenvalue weighted by molar-refractivity contribution is 7.99. The van der Waals surface area contributed by atoms with Gasteiger partial charge in [-0.15, -0.1) is 10.2 Å². The van der Waals surface area contributed by atoms with Crippen LogP contribution in [0.15, 0.2) is 84.4 Å². The topological polar surface area (TPSA) is 79.6 Å². The number of rotatable bonds is 6. The minimum Gasteiger partial charge on any atom is -0.387 e. The van der Waals surface area contributed by atoms with Crippen LogP contribution in [0.5, 0.6) is 0 Å². The largest absolute Gasteiger partial charge is 0.387 e. The van der Waals surface area contributed by atoms with E-state index in [0.717, 1.165) is 38.7 Å². The summed E-state index contributed by atoms with van der Waals surface area (Å²) < 4.78 is 2.02. The highest BCUT2D eigenvalue weighted by atomic mass is 32.2. The zero-order valence-electron chi connectivity index (χ0n) is 16.9. The molecule has 5 rings (SSSR count). The van der Waals surface area contributed by atoms with Gasteiger partial charge in [-0.1, -0.05) is 47.7 Å². The van der Waals surface area contributed by atoms with E-state index in [9.17, 15) is 5.11 Å². The molecule has 0 aliphatic heterocycles. The van der Waals surface area contributed by atoms with E-state index in [0.29, 0.717) is 5.75 Å². The van der Waals surface area contributed by atoms with E-state index in [1.165, 1.54) is 17.3 Å². The molecule has 2 N–H and O–H groups in total. The number of nitrogens with zero attached hydrogens (tertiary/aromatic N) is 4. The fourth-order valence-electron chi connectivity index (χ4n) is 3.58. The van der Waals surface area contributed by atoms with Gasteiger partial charge >= 0.3 is 0 Å². The molecule has 3 heterocycles. The fraction of sp³-hybridized carbons (Fsp3) is 0.125. The fourth-order valence-corrected chi connectivity index (χ4v) is 4.49.